The van der Waals surface area contributed by atoms with Crippen LogP contribution in [-0.4, -0.2) is 17.6 Å². The summed E-state index contributed by atoms with van der Waals surface area (Å²) in [5, 5.41) is 16.2. The average Bonchev–Trinajstić information content (AvgIpc) is 2.66. The second-order valence-electron chi connectivity index (χ2n) is 6.42. The number of carbonyl (C=O) groups is 2. The lowest BCUT2D eigenvalue weighted by Crippen LogP contribution is -2.31. The van der Waals surface area contributed by atoms with Crippen molar-refractivity contribution in [3.63, 3.8) is 0 Å². The molecule has 28 heavy (non-hydrogen) atoms. The van der Waals surface area contributed by atoms with E-state index in [9.17, 15) is 14.9 Å². The van der Waals surface area contributed by atoms with E-state index >= 15 is 0 Å². The summed E-state index contributed by atoms with van der Waals surface area (Å²) in [5.41, 5.74) is 3.06. The molecule has 2 amide bonds. The first kappa shape index (κ1) is 20.0. The molecule has 2 N–H and O–H groups in total. The van der Waals surface area contributed by atoms with Crippen LogP contribution in [0.3, 0.4) is 0 Å². The molecule has 0 spiro atoms. The van der Waals surface area contributed by atoms with E-state index < -0.39 is 0 Å². The van der Waals surface area contributed by atoms with Gasteiger partial charge in [-0.05, 0) is 42.3 Å². The van der Waals surface area contributed by atoms with Crippen LogP contribution >= 0.6 is 23.4 Å². The van der Waals surface area contributed by atoms with Crippen LogP contribution in [0.2, 0.25) is 5.02 Å². The third-order valence-electron chi connectivity index (χ3n) is 4.28. The first-order valence-electron chi connectivity index (χ1n) is 8.65. The van der Waals surface area contributed by atoms with E-state index in [4.69, 9.17) is 11.6 Å². The highest BCUT2D eigenvalue weighted by Crippen LogP contribution is 2.36. The van der Waals surface area contributed by atoms with Gasteiger partial charge in [0.05, 0.1) is 22.4 Å². The molecule has 0 radical (unpaired) electrons. The Morgan fingerprint density at radius 1 is 1.32 bits per heavy atom. The number of anilines is 1. The summed E-state index contributed by atoms with van der Waals surface area (Å²) < 4.78 is 0. The fourth-order valence-electron chi connectivity index (χ4n) is 2.97. The largest absolute Gasteiger partial charge is 0.325 e. The molecule has 3 rings (SSSR count). The van der Waals surface area contributed by atoms with Gasteiger partial charge in [-0.15, -0.1) is 0 Å². The Morgan fingerprint density at radius 2 is 2.07 bits per heavy atom. The second-order valence-corrected chi connectivity index (χ2v) is 7.84. The number of rotatable bonds is 5. The zero-order valence-corrected chi connectivity index (χ0v) is 16.7. The number of benzene rings is 2. The van der Waals surface area contributed by atoms with Gasteiger partial charge < -0.3 is 10.6 Å². The molecule has 0 bridgehead atoms. The van der Waals surface area contributed by atoms with Crippen molar-refractivity contribution in [2.75, 3.05) is 11.1 Å². The first-order valence-corrected chi connectivity index (χ1v) is 10.0. The molecule has 1 unspecified atom stereocenters. The van der Waals surface area contributed by atoms with Crippen molar-refractivity contribution < 1.29 is 9.59 Å². The van der Waals surface area contributed by atoms with Gasteiger partial charge in [0.25, 0.3) is 0 Å². The Hall–Kier alpha value is -2.75. The summed E-state index contributed by atoms with van der Waals surface area (Å²) in [5.74, 6) is -0.649. The molecule has 2 aromatic carbocycles. The van der Waals surface area contributed by atoms with Gasteiger partial charge in [-0.3, -0.25) is 9.59 Å². The standard InChI is InChI=1S/C21H18ClN3O2S/c1-13-3-2-4-16(9-13)24-20(27)12-28-21-18(11-23)17(10-19(26)25-21)14-5-7-15(22)8-6-14/h2-9,17H,10,12H2,1H3,(H,24,27)(H,25,26). The SMILES string of the molecule is Cc1cccc(NC(=O)CSC2=C(C#N)C(c3ccc(Cl)cc3)CC(=O)N2)c1. The highest BCUT2D eigenvalue weighted by Gasteiger charge is 2.29. The summed E-state index contributed by atoms with van der Waals surface area (Å²) in [6.45, 7) is 1.95. The van der Waals surface area contributed by atoms with Gasteiger partial charge in [0.15, 0.2) is 0 Å². The van der Waals surface area contributed by atoms with Gasteiger partial charge in [0, 0.05) is 23.0 Å². The van der Waals surface area contributed by atoms with E-state index in [-0.39, 0.29) is 29.9 Å². The molecule has 1 aliphatic rings. The fourth-order valence-corrected chi connectivity index (χ4v) is 3.97. The van der Waals surface area contributed by atoms with E-state index in [0.717, 1.165) is 22.9 Å². The Labute approximate surface area is 172 Å². The summed E-state index contributed by atoms with van der Waals surface area (Å²) in [7, 11) is 0. The Bertz CT molecular complexity index is 980. The van der Waals surface area contributed by atoms with Crippen LogP contribution in [-0.2, 0) is 9.59 Å². The third kappa shape index (κ3) is 4.94. The molecule has 0 saturated carbocycles. The fraction of sp³-hybridized carbons (Fsp3) is 0.190. The molecule has 0 fully saturated rings. The van der Waals surface area contributed by atoms with Crippen LogP contribution < -0.4 is 10.6 Å². The molecular formula is C21H18ClN3O2S. The van der Waals surface area contributed by atoms with Crippen molar-refractivity contribution in [2.24, 2.45) is 0 Å². The summed E-state index contributed by atoms with van der Waals surface area (Å²) in [6, 6.07) is 16.8. The van der Waals surface area contributed by atoms with E-state index in [1.165, 1.54) is 0 Å². The maximum atomic E-state index is 12.3. The highest BCUT2D eigenvalue weighted by atomic mass is 35.5. The van der Waals surface area contributed by atoms with Crippen molar-refractivity contribution in [3.05, 3.63) is 75.3 Å². The first-order chi connectivity index (χ1) is 13.5. The summed E-state index contributed by atoms with van der Waals surface area (Å²) in [4.78, 5) is 24.4. The summed E-state index contributed by atoms with van der Waals surface area (Å²) in [6.07, 6.45) is 0.185. The Balaban J connectivity index is 1.74. The molecular weight excluding hydrogens is 394 g/mol. The molecule has 1 heterocycles. The van der Waals surface area contributed by atoms with Crippen LogP contribution in [0.25, 0.3) is 0 Å². The number of halogens is 1. The van der Waals surface area contributed by atoms with E-state index in [1.807, 2.05) is 43.3 Å². The molecule has 7 heteroatoms. The van der Waals surface area contributed by atoms with Crippen molar-refractivity contribution >= 4 is 40.9 Å². The van der Waals surface area contributed by atoms with Gasteiger partial charge in [0.2, 0.25) is 11.8 Å². The van der Waals surface area contributed by atoms with Crippen molar-refractivity contribution in [1.29, 1.82) is 5.26 Å². The van der Waals surface area contributed by atoms with Crippen molar-refractivity contribution in [2.45, 2.75) is 19.3 Å². The zero-order chi connectivity index (χ0) is 20.1. The van der Waals surface area contributed by atoms with Crippen LogP contribution in [0, 0.1) is 18.3 Å². The minimum absolute atomic E-state index is 0.0854. The lowest BCUT2D eigenvalue weighted by Gasteiger charge is -2.25. The molecule has 0 aromatic heterocycles. The third-order valence-corrected chi connectivity index (χ3v) is 5.55. The van der Waals surface area contributed by atoms with E-state index in [0.29, 0.717) is 21.3 Å². The maximum absolute atomic E-state index is 12.3. The van der Waals surface area contributed by atoms with Crippen molar-refractivity contribution in [3.8, 4) is 6.07 Å². The van der Waals surface area contributed by atoms with Crippen LogP contribution in [0.1, 0.15) is 23.5 Å². The molecule has 0 saturated heterocycles. The number of allylic oxidation sites excluding steroid dienone is 1. The molecule has 142 valence electrons. The average molecular weight is 412 g/mol. The Morgan fingerprint density at radius 3 is 2.75 bits per heavy atom. The number of thioether (sulfide) groups is 1. The molecule has 1 aliphatic heterocycles. The summed E-state index contributed by atoms with van der Waals surface area (Å²) >= 11 is 7.09. The number of nitrogens with one attached hydrogen (secondary N) is 2. The number of hydrogen-bond donors (Lipinski definition) is 2. The normalized spacial score (nSPS) is 16.3. The highest BCUT2D eigenvalue weighted by molar-refractivity contribution is 8.03. The molecule has 2 aromatic rings. The molecule has 5 nitrogen and oxygen atoms in total. The molecule has 0 aliphatic carbocycles. The van der Waals surface area contributed by atoms with Crippen LogP contribution in [0.15, 0.2) is 59.1 Å². The number of amides is 2. The zero-order valence-electron chi connectivity index (χ0n) is 15.2. The van der Waals surface area contributed by atoms with Crippen molar-refractivity contribution in [1.82, 2.24) is 5.32 Å². The van der Waals surface area contributed by atoms with Gasteiger partial charge in [0.1, 0.15) is 0 Å². The number of carbonyl (C=O) groups excluding carboxylic acids is 2. The monoisotopic (exact) mass is 411 g/mol. The second kappa shape index (κ2) is 8.96. The smallest absolute Gasteiger partial charge is 0.234 e. The van der Waals surface area contributed by atoms with Gasteiger partial charge >= 0.3 is 0 Å². The number of aryl methyl sites for hydroxylation is 1. The lowest BCUT2D eigenvalue weighted by atomic mass is 9.87. The van der Waals surface area contributed by atoms with Gasteiger partial charge in [-0.25, -0.2) is 0 Å². The van der Waals surface area contributed by atoms with E-state index in [2.05, 4.69) is 16.7 Å². The van der Waals surface area contributed by atoms with Gasteiger partial charge in [-0.1, -0.05) is 47.6 Å². The topological polar surface area (TPSA) is 82.0 Å². The molecule has 1 atom stereocenters. The predicted molar refractivity (Wildman–Crippen MR) is 112 cm³/mol. The quantitative estimate of drug-likeness (QED) is 0.765. The van der Waals surface area contributed by atoms with Crippen LogP contribution in [0.4, 0.5) is 5.69 Å². The minimum atomic E-state index is -0.349. The number of nitrogens with zero attached hydrogens (tertiary/aromatic N) is 1. The Kier molecular flexibility index (Phi) is 6.40. The van der Waals surface area contributed by atoms with Gasteiger partial charge in [-0.2, -0.15) is 5.26 Å². The number of nitriles is 1. The maximum Gasteiger partial charge on any atom is 0.234 e. The van der Waals surface area contributed by atoms with Crippen LogP contribution in [0.5, 0.6) is 0 Å². The number of hydrogen-bond acceptors (Lipinski definition) is 4. The lowest BCUT2D eigenvalue weighted by molar-refractivity contribution is -0.121. The van der Waals surface area contributed by atoms with E-state index in [1.54, 1.807) is 12.1 Å². The minimum Gasteiger partial charge on any atom is -0.325 e. The predicted octanol–water partition coefficient (Wildman–Crippen LogP) is 4.36.